The average Bonchev–Trinajstić information content (AvgIpc) is 3.01. The molecule has 16 nitrogen and oxygen atoms in total. The number of carbonyl (C=O) groups excluding carboxylic acids is 4. The predicted molar refractivity (Wildman–Crippen MR) is 156 cm³/mol. The molecule has 9 N–H and O–H groups in total. The number of carbonyl (C=O) groups is 5. The summed E-state index contributed by atoms with van der Waals surface area (Å²) in [5, 5.41) is 54.0. The van der Waals surface area contributed by atoms with Gasteiger partial charge in [-0.05, 0) is 13.0 Å². The number of rotatable bonds is 9. The molecule has 0 bridgehead atoms. The van der Waals surface area contributed by atoms with Crippen LogP contribution in [0.25, 0.3) is 0 Å². The number of aliphatic carboxylic acids is 1. The average molecular weight is 659 g/mol. The van der Waals surface area contributed by atoms with Gasteiger partial charge in [-0.3, -0.25) is 24.0 Å². The van der Waals surface area contributed by atoms with Gasteiger partial charge in [0, 0.05) is 42.0 Å². The number of carboxylic acid groups (broad SMARTS) is 1. The van der Waals surface area contributed by atoms with E-state index in [1.807, 2.05) is 0 Å². The summed E-state index contributed by atoms with van der Waals surface area (Å²) in [5.41, 5.74) is 7.19. The van der Waals surface area contributed by atoms with E-state index in [9.17, 15) is 44.4 Å². The highest BCUT2D eigenvalue weighted by molar-refractivity contribution is 6.31. The lowest BCUT2D eigenvalue weighted by Crippen LogP contribution is -2.53. The van der Waals surface area contributed by atoms with E-state index in [4.69, 9.17) is 35.5 Å². The fourth-order valence-electron chi connectivity index (χ4n) is 6.25. The normalized spacial score (nSPS) is 27.2. The quantitative estimate of drug-likeness (QED) is 0.111. The molecule has 0 aromatic heterocycles. The van der Waals surface area contributed by atoms with Crippen molar-refractivity contribution in [3.8, 4) is 17.2 Å². The standard InChI is InChI=1S/C31H34N2O14/c1-11-25(37)14(32)7-20(46-11)47-17-9-31(43,18(34)10-45-30(42)15(33)6-19(35)36)8-13-22(17)29(41)24-23(27(13)39)26(38)12-4-3-5-16(44-2)21(12)28(24)40/h3-5,11,14-15,17,20,25,37,39,41,43H,6-10,32-33H2,1-2H3,(H,35,36)/t11-,14-,15-,17-,20-,25+,31-/m0/s1. The van der Waals surface area contributed by atoms with Crippen LogP contribution in [0.4, 0.5) is 0 Å². The minimum Gasteiger partial charge on any atom is -0.507 e. The van der Waals surface area contributed by atoms with Crippen LogP contribution >= 0.6 is 0 Å². The highest BCUT2D eigenvalue weighted by Gasteiger charge is 2.50. The van der Waals surface area contributed by atoms with Crippen LogP contribution in [-0.4, -0.2) is 105 Å². The number of esters is 1. The number of hydrogen-bond acceptors (Lipinski definition) is 15. The van der Waals surface area contributed by atoms with Gasteiger partial charge in [0.15, 0.2) is 18.7 Å². The molecule has 2 aromatic carbocycles. The molecule has 252 valence electrons. The number of ether oxygens (including phenoxy) is 4. The molecule has 47 heavy (non-hydrogen) atoms. The van der Waals surface area contributed by atoms with Crippen molar-refractivity contribution >= 4 is 29.3 Å². The van der Waals surface area contributed by atoms with Crippen LogP contribution in [0.2, 0.25) is 0 Å². The van der Waals surface area contributed by atoms with Crippen LogP contribution < -0.4 is 16.2 Å². The Kier molecular flexibility index (Phi) is 9.11. The first kappa shape index (κ1) is 33.9. The maximum absolute atomic E-state index is 13.8. The van der Waals surface area contributed by atoms with Gasteiger partial charge in [0.1, 0.15) is 28.9 Å². The topological polar surface area (TPSA) is 275 Å². The Labute approximate surface area is 266 Å². The molecular weight excluding hydrogens is 624 g/mol. The molecule has 0 radical (unpaired) electrons. The first-order chi connectivity index (χ1) is 22.1. The molecule has 16 heteroatoms. The second-order valence-corrected chi connectivity index (χ2v) is 11.8. The Morgan fingerprint density at radius 3 is 2.43 bits per heavy atom. The lowest BCUT2D eigenvalue weighted by Gasteiger charge is -2.42. The number of Topliss-reactive ketones (excluding diaryl/α,β-unsaturated/α-hetero) is 1. The van der Waals surface area contributed by atoms with E-state index in [0.29, 0.717) is 0 Å². The monoisotopic (exact) mass is 658 g/mol. The summed E-state index contributed by atoms with van der Waals surface area (Å²) in [4.78, 5) is 64.0. The summed E-state index contributed by atoms with van der Waals surface area (Å²) in [7, 11) is 1.29. The number of aliphatic hydroxyl groups is 2. The van der Waals surface area contributed by atoms with Crippen LogP contribution in [0, 0.1) is 0 Å². The molecule has 0 saturated carbocycles. The van der Waals surface area contributed by atoms with Crippen LogP contribution in [0.15, 0.2) is 18.2 Å². The van der Waals surface area contributed by atoms with Gasteiger partial charge in [-0.25, -0.2) is 0 Å². The van der Waals surface area contributed by atoms with E-state index in [-0.39, 0.29) is 34.4 Å². The van der Waals surface area contributed by atoms with Gasteiger partial charge in [-0.2, -0.15) is 0 Å². The summed E-state index contributed by atoms with van der Waals surface area (Å²) in [6, 6.07) is 1.84. The van der Waals surface area contributed by atoms with E-state index in [1.165, 1.54) is 32.2 Å². The highest BCUT2D eigenvalue weighted by Crippen LogP contribution is 2.52. The predicted octanol–water partition coefficient (Wildman–Crippen LogP) is -0.646. The van der Waals surface area contributed by atoms with E-state index >= 15 is 0 Å². The number of phenols is 2. The summed E-state index contributed by atoms with van der Waals surface area (Å²) in [5.74, 6) is -6.90. The lowest BCUT2D eigenvalue weighted by molar-refractivity contribution is -0.247. The summed E-state index contributed by atoms with van der Waals surface area (Å²) >= 11 is 0. The number of aliphatic hydroxyl groups excluding tert-OH is 1. The van der Waals surface area contributed by atoms with Crippen LogP contribution in [0.5, 0.6) is 17.2 Å². The molecule has 1 fully saturated rings. The van der Waals surface area contributed by atoms with Gasteiger partial charge in [0.05, 0.1) is 48.5 Å². The summed E-state index contributed by atoms with van der Waals surface area (Å²) < 4.78 is 22.0. The first-order valence-corrected chi connectivity index (χ1v) is 14.6. The second kappa shape index (κ2) is 12.6. The zero-order valence-electron chi connectivity index (χ0n) is 25.3. The van der Waals surface area contributed by atoms with E-state index in [2.05, 4.69) is 0 Å². The van der Waals surface area contributed by atoms with E-state index in [1.54, 1.807) is 0 Å². The van der Waals surface area contributed by atoms with E-state index in [0.717, 1.165) is 0 Å². The molecule has 2 aromatic rings. The van der Waals surface area contributed by atoms with Crippen LogP contribution in [-0.2, 0) is 35.0 Å². The molecule has 3 aliphatic rings. The maximum Gasteiger partial charge on any atom is 0.323 e. The summed E-state index contributed by atoms with van der Waals surface area (Å²) in [6.07, 6.45) is -6.71. The fraction of sp³-hybridized carbons (Fsp3) is 0.452. The van der Waals surface area contributed by atoms with Crippen molar-refractivity contribution in [1.82, 2.24) is 0 Å². The molecule has 0 spiro atoms. The minimum absolute atomic E-state index is 0.0469. The Balaban J connectivity index is 1.58. The number of carboxylic acids is 1. The van der Waals surface area contributed by atoms with Crippen molar-refractivity contribution in [1.29, 1.82) is 0 Å². The zero-order chi connectivity index (χ0) is 34.5. The van der Waals surface area contributed by atoms with Gasteiger partial charge in [-0.15, -0.1) is 0 Å². The molecular formula is C31H34N2O14. The number of phenolic OH excluding ortho intramolecular Hbond substituents is 2. The van der Waals surface area contributed by atoms with Gasteiger partial charge in [-0.1, -0.05) is 12.1 Å². The smallest absolute Gasteiger partial charge is 0.323 e. The van der Waals surface area contributed by atoms with Gasteiger partial charge >= 0.3 is 11.9 Å². The Morgan fingerprint density at radius 1 is 1.11 bits per heavy atom. The Hall–Kier alpha value is -4.45. The Morgan fingerprint density at radius 2 is 1.79 bits per heavy atom. The number of methoxy groups -OCH3 is 1. The lowest BCUT2D eigenvalue weighted by atomic mass is 9.72. The van der Waals surface area contributed by atoms with Crippen molar-refractivity contribution in [2.45, 2.75) is 74.9 Å². The Bertz CT molecular complexity index is 1660. The van der Waals surface area contributed by atoms with Crippen molar-refractivity contribution in [2.75, 3.05) is 13.7 Å². The number of nitrogens with two attached hydrogens (primary N) is 2. The number of fused-ring (bicyclic) bond motifs is 3. The molecule has 0 unspecified atom stereocenters. The number of benzene rings is 2. The third-order valence-corrected chi connectivity index (χ3v) is 8.70. The SMILES string of the molecule is COc1cccc2c1C(=O)c1c(O)c3c(c(O)c1C2=O)C[C@@](O)(C(=O)COC(=O)[C@@H](N)CC(=O)O)C[C@@H]3O[C@H]1C[C@H](N)[C@H](O)[C@H](C)O1. The molecule has 0 amide bonds. The number of aromatic hydroxyl groups is 2. The van der Waals surface area contributed by atoms with Crippen molar-refractivity contribution < 1.29 is 68.5 Å². The third-order valence-electron chi connectivity index (χ3n) is 8.70. The number of ketones is 3. The second-order valence-electron chi connectivity index (χ2n) is 11.8. The van der Waals surface area contributed by atoms with E-state index < -0.39 is 120 Å². The zero-order valence-corrected chi connectivity index (χ0v) is 25.3. The molecule has 1 heterocycles. The molecule has 1 saturated heterocycles. The minimum atomic E-state index is -2.46. The molecule has 5 rings (SSSR count). The van der Waals surface area contributed by atoms with Crippen molar-refractivity contribution in [2.24, 2.45) is 11.5 Å². The first-order valence-electron chi connectivity index (χ1n) is 14.6. The van der Waals surface area contributed by atoms with Crippen molar-refractivity contribution in [3.05, 3.63) is 51.6 Å². The fourth-order valence-corrected chi connectivity index (χ4v) is 6.25. The largest absolute Gasteiger partial charge is 0.507 e. The third kappa shape index (κ3) is 5.95. The number of hydrogen-bond donors (Lipinski definition) is 7. The van der Waals surface area contributed by atoms with Gasteiger partial charge in [0.2, 0.25) is 11.6 Å². The maximum atomic E-state index is 13.8. The molecule has 7 atom stereocenters. The highest BCUT2D eigenvalue weighted by atomic mass is 16.7. The van der Waals surface area contributed by atoms with Crippen LogP contribution in [0.3, 0.4) is 0 Å². The molecule has 1 aliphatic heterocycles. The summed E-state index contributed by atoms with van der Waals surface area (Å²) in [6.45, 7) is 0.480. The van der Waals surface area contributed by atoms with Crippen molar-refractivity contribution in [3.63, 3.8) is 0 Å². The van der Waals surface area contributed by atoms with Gasteiger partial charge < -0.3 is 55.9 Å². The van der Waals surface area contributed by atoms with Gasteiger partial charge in [0.25, 0.3) is 0 Å². The van der Waals surface area contributed by atoms with Crippen LogP contribution in [0.1, 0.15) is 75.3 Å². The molecule has 2 aliphatic carbocycles.